The fourth-order valence-corrected chi connectivity index (χ4v) is 4.65. The maximum atomic E-state index is 12.5. The van der Waals surface area contributed by atoms with Gasteiger partial charge in [-0.1, -0.05) is 106 Å². The second-order valence-electron chi connectivity index (χ2n) is 10.3. The first kappa shape index (κ1) is 46.0. The van der Waals surface area contributed by atoms with E-state index >= 15 is 0 Å². The van der Waals surface area contributed by atoms with E-state index in [1.54, 1.807) is 6.20 Å². The zero-order valence-corrected chi connectivity index (χ0v) is 30.4. The maximum absolute atomic E-state index is 12.5. The van der Waals surface area contributed by atoms with Crippen LogP contribution >= 0.6 is 0 Å². The summed E-state index contributed by atoms with van der Waals surface area (Å²) in [5, 5.41) is 5.51. The molecule has 1 aliphatic heterocycles. The van der Waals surface area contributed by atoms with Gasteiger partial charge in [0.15, 0.2) is 0 Å². The molecule has 0 amide bonds. The van der Waals surface area contributed by atoms with Crippen LogP contribution in [0.2, 0.25) is 0 Å². The average Bonchev–Trinajstić information content (AvgIpc) is 3.53. The van der Waals surface area contributed by atoms with E-state index in [9.17, 15) is 26.3 Å². The second-order valence-corrected chi connectivity index (χ2v) is 10.3. The van der Waals surface area contributed by atoms with Crippen LogP contribution in [0, 0.1) is 5.92 Å². The lowest BCUT2D eigenvalue weighted by Gasteiger charge is -2.22. The number of rotatable bonds is 10. The Bertz CT molecular complexity index is 1280. The molecule has 1 atom stereocenters. The van der Waals surface area contributed by atoms with Crippen molar-refractivity contribution in [3.63, 3.8) is 0 Å². The van der Waals surface area contributed by atoms with Gasteiger partial charge in [0, 0.05) is 12.1 Å². The SMILES string of the molecule is C=CNC(=NCCC(C)CCCC)/C(C)=C/c1ccc2c(c1)=CCN=2.CC.CC.CC.CCC1=C(C(F)(F)F)C=C(C(F)(F)F)CC1. The minimum atomic E-state index is -4.71. The molecule has 9 heteroatoms. The topological polar surface area (TPSA) is 36.8 Å². The molecule has 0 bridgehead atoms. The number of aliphatic imine (C=N–C) groups is 1. The average molecular weight is 672 g/mol. The Labute approximate surface area is 280 Å². The van der Waals surface area contributed by atoms with Crippen molar-refractivity contribution in [2.75, 3.05) is 13.1 Å². The first-order valence-corrected chi connectivity index (χ1v) is 17.1. The first-order chi connectivity index (χ1) is 22.3. The van der Waals surface area contributed by atoms with Crippen molar-refractivity contribution < 1.29 is 26.3 Å². The number of halogens is 6. The summed E-state index contributed by atoms with van der Waals surface area (Å²) in [6.07, 6.45) is 1.48. The molecular formula is C38H59F6N3. The number of allylic oxidation sites excluding steroid dienone is 4. The molecule has 0 spiro atoms. The van der Waals surface area contributed by atoms with Crippen molar-refractivity contribution in [2.45, 2.75) is 127 Å². The van der Waals surface area contributed by atoms with Gasteiger partial charge in [0.05, 0.1) is 17.5 Å². The largest absolute Gasteiger partial charge is 0.416 e. The number of amidine groups is 1. The molecule has 3 rings (SSSR count). The molecule has 0 aromatic heterocycles. The number of alkyl halides is 6. The highest BCUT2D eigenvalue weighted by Gasteiger charge is 2.41. The second kappa shape index (κ2) is 25.0. The van der Waals surface area contributed by atoms with Crippen LogP contribution < -0.4 is 15.9 Å². The summed E-state index contributed by atoms with van der Waals surface area (Å²) < 4.78 is 74.2. The number of nitrogens with zero attached hydrogens (tertiary/aromatic N) is 2. The van der Waals surface area contributed by atoms with Crippen LogP contribution in [-0.2, 0) is 0 Å². The van der Waals surface area contributed by atoms with E-state index in [1.165, 1.54) is 37.0 Å². The standard InChI is InChI=1S/C22H31N3.C10H10F6.3C2H6/c1-5-7-8-17(3)11-13-25-22(23-6-2)18(4)15-19-9-10-21-20(16-19)12-14-24-21;1-2-6-3-4-7(9(11,12)13)5-8(6)10(14,15)16;3*1-2/h6,9-10,12,15-17H,2,5,7-8,11,13-14H2,1,3-4H3,(H,23,25);5H,2-4H2,1H3;3*1-2H3/b18-15+;;;;. The molecule has 0 saturated heterocycles. The summed E-state index contributed by atoms with van der Waals surface area (Å²) in [5.74, 6) is 1.64. The van der Waals surface area contributed by atoms with Gasteiger partial charge in [-0.25, -0.2) is 0 Å². The van der Waals surface area contributed by atoms with Gasteiger partial charge >= 0.3 is 12.4 Å². The Morgan fingerprint density at radius 1 is 0.979 bits per heavy atom. The molecule has 0 saturated carbocycles. The zero-order chi connectivity index (χ0) is 36.6. The van der Waals surface area contributed by atoms with Gasteiger partial charge in [0.1, 0.15) is 5.84 Å². The Kier molecular flexibility index (Phi) is 24.5. The van der Waals surface area contributed by atoms with Gasteiger partial charge in [-0.05, 0) is 85.4 Å². The Balaban J connectivity index is 0. The lowest BCUT2D eigenvalue weighted by molar-refractivity contribution is -0.0992. The number of nitrogens with one attached hydrogen (secondary N) is 1. The maximum Gasteiger partial charge on any atom is 0.416 e. The summed E-state index contributed by atoms with van der Waals surface area (Å²) in [5.41, 5.74) is 0.113. The van der Waals surface area contributed by atoms with Crippen LogP contribution in [0.15, 0.2) is 69.3 Å². The summed E-state index contributed by atoms with van der Waals surface area (Å²) in [6, 6.07) is 6.39. The lowest BCUT2D eigenvalue weighted by Crippen LogP contribution is -2.21. The molecule has 1 aromatic rings. The third-order valence-electron chi connectivity index (χ3n) is 7.05. The highest BCUT2D eigenvalue weighted by Crippen LogP contribution is 2.41. The summed E-state index contributed by atoms with van der Waals surface area (Å²) in [7, 11) is 0. The molecule has 1 aromatic carbocycles. The van der Waals surface area contributed by atoms with Crippen molar-refractivity contribution >= 4 is 18.0 Å². The van der Waals surface area contributed by atoms with E-state index in [1.807, 2.05) is 41.5 Å². The van der Waals surface area contributed by atoms with E-state index < -0.39 is 23.5 Å². The van der Waals surface area contributed by atoms with Crippen molar-refractivity contribution in [3.8, 4) is 0 Å². The number of unbranched alkanes of at least 4 members (excludes halogenated alkanes) is 1. The zero-order valence-electron chi connectivity index (χ0n) is 30.4. The van der Waals surface area contributed by atoms with Gasteiger partial charge in [-0.3, -0.25) is 9.98 Å². The van der Waals surface area contributed by atoms with Crippen molar-refractivity contribution in [1.29, 1.82) is 0 Å². The third-order valence-corrected chi connectivity index (χ3v) is 7.05. The summed E-state index contributed by atoms with van der Waals surface area (Å²) in [6.45, 7) is 25.6. The molecule has 0 radical (unpaired) electrons. The van der Waals surface area contributed by atoms with Gasteiger partial charge in [-0.15, -0.1) is 0 Å². The molecule has 1 unspecified atom stereocenters. The Morgan fingerprint density at radius 3 is 2.15 bits per heavy atom. The van der Waals surface area contributed by atoms with Gasteiger partial charge in [0.25, 0.3) is 0 Å². The van der Waals surface area contributed by atoms with E-state index in [4.69, 9.17) is 4.99 Å². The molecule has 1 aliphatic carbocycles. The van der Waals surface area contributed by atoms with Crippen molar-refractivity contribution in [2.24, 2.45) is 15.9 Å². The number of fused-ring (bicyclic) bond motifs is 1. The molecule has 2 aliphatic rings. The number of benzene rings is 1. The van der Waals surface area contributed by atoms with E-state index in [0.29, 0.717) is 0 Å². The summed E-state index contributed by atoms with van der Waals surface area (Å²) >= 11 is 0. The Hall–Kier alpha value is -3.10. The normalized spacial score (nSPS) is 14.9. The summed E-state index contributed by atoms with van der Waals surface area (Å²) in [4.78, 5) is 9.21. The van der Waals surface area contributed by atoms with Gasteiger partial charge < -0.3 is 5.32 Å². The molecule has 1 heterocycles. The highest BCUT2D eigenvalue weighted by atomic mass is 19.4. The smallest absolute Gasteiger partial charge is 0.347 e. The molecular weight excluding hydrogens is 612 g/mol. The van der Waals surface area contributed by atoms with Crippen molar-refractivity contribution in [1.82, 2.24) is 5.32 Å². The minimum absolute atomic E-state index is 0.0421. The number of hydrogen-bond donors (Lipinski definition) is 1. The predicted molar refractivity (Wildman–Crippen MR) is 190 cm³/mol. The lowest BCUT2D eigenvalue weighted by atomic mass is 9.90. The van der Waals surface area contributed by atoms with Crippen LogP contribution in [0.3, 0.4) is 0 Å². The third kappa shape index (κ3) is 17.6. The van der Waals surface area contributed by atoms with Crippen LogP contribution in [0.4, 0.5) is 26.3 Å². The minimum Gasteiger partial charge on any atom is -0.347 e. The van der Waals surface area contributed by atoms with Crippen LogP contribution in [0.5, 0.6) is 0 Å². The molecule has 268 valence electrons. The Morgan fingerprint density at radius 2 is 1.62 bits per heavy atom. The van der Waals surface area contributed by atoms with Gasteiger partial charge in [0.2, 0.25) is 0 Å². The number of hydrogen-bond acceptors (Lipinski definition) is 2. The van der Waals surface area contributed by atoms with Crippen LogP contribution in [0.25, 0.3) is 12.2 Å². The highest BCUT2D eigenvalue weighted by molar-refractivity contribution is 6.02. The molecule has 3 nitrogen and oxygen atoms in total. The van der Waals surface area contributed by atoms with E-state index in [0.717, 1.165) is 42.2 Å². The van der Waals surface area contributed by atoms with Crippen LogP contribution in [0.1, 0.15) is 120 Å². The van der Waals surface area contributed by atoms with E-state index in [2.05, 4.69) is 68.0 Å². The fraction of sp³-hybridized carbons (Fsp3) is 0.579. The van der Waals surface area contributed by atoms with Gasteiger partial charge in [-0.2, -0.15) is 26.3 Å². The van der Waals surface area contributed by atoms with Crippen molar-refractivity contribution in [3.05, 3.63) is 75.5 Å². The molecule has 47 heavy (non-hydrogen) atoms. The molecule has 1 N–H and O–H groups in total. The predicted octanol–water partition coefficient (Wildman–Crippen LogP) is 11.5. The molecule has 0 fully saturated rings. The van der Waals surface area contributed by atoms with E-state index in [-0.39, 0.29) is 30.9 Å². The quantitative estimate of drug-likeness (QED) is 0.150. The monoisotopic (exact) mass is 671 g/mol. The fourth-order valence-electron chi connectivity index (χ4n) is 4.65. The van der Waals surface area contributed by atoms with Crippen LogP contribution in [-0.4, -0.2) is 31.3 Å². The first-order valence-electron chi connectivity index (χ1n) is 17.1.